The highest BCUT2D eigenvalue weighted by Crippen LogP contribution is 2.35. The Balaban J connectivity index is 2.00. The van der Waals surface area contributed by atoms with Crippen LogP contribution in [0.4, 0.5) is 19.1 Å². The molecule has 14 heteroatoms. The van der Waals surface area contributed by atoms with Crippen LogP contribution in [-0.4, -0.2) is 52.4 Å². The van der Waals surface area contributed by atoms with Gasteiger partial charge in [-0.25, -0.2) is 28.2 Å². The summed E-state index contributed by atoms with van der Waals surface area (Å²) in [5.41, 5.74) is -1.28. The molecule has 0 aliphatic carbocycles. The van der Waals surface area contributed by atoms with Gasteiger partial charge in [0.05, 0.1) is 22.5 Å². The van der Waals surface area contributed by atoms with Gasteiger partial charge in [-0.1, -0.05) is 13.8 Å². The lowest BCUT2D eigenvalue weighted by Gasteiger charge is -2.19. The van der Waals surface area contributed by atoms with Crippen LogP contribution in [0.25, 0.3) is 11.0 Å². The third kappa shape index (κ3) is 5.97. The molecule has 0 spiro atoms. The summed E-state index contributed by atoms with van der Waals surface area (Å²) in [6, 6.07) is 4.40. The number of H-pyrrole nitrogens is 1. The predicted octanol–water partition coefficient (Wildman–Crippen LogP) is 4.20. The van der Waals surface area contributed by atoms with Gasteiger partial charge < -0.3 is 15.0 Å². The monoisotopic (exact) mass is 517 g/mol. The fourth-order valence-corrected chi connectivity index (χ4v) is 4.55. The number of aromatic nitrogens is 4. The largest absolute Gasteiger partial charge is 0.462 e. The topological polar surface area (TPSA) is 127 Å². The van der Waals surface area contributed by atoms with Crippen LogP contribution in [0, 0.1) is 0 Å². The standard InChI is InChI=1S/C20H22F3N5O4S2/c1-5-32-18(29)12-9-24-19(27-15(12)20(21,22)23)28-17(33-10(2)3)16-25-13-7-6-11(34(4,30)31)8-14(13)26-16/h6-10,17H,5H2,1-4H3,(H,25,26)(H,24,27,28). The lowest BCUT2D eigenvalue weighted by molar-refractivity contribution is -0.141. The van der Waals surface area contributed by atoms with Crippen LogP contribution < -0.4 is 5.32 Å². The van der Waals surface area contributed by atoms with E-state index in [9.17, 15) is 26.4 Å². The molecular weight excluding hydrogens is 495 g/mol. The van der Waals surface area contributed by atoms with Crippen molar-refractivity contribution in [2.75, 3.05) is 18.2 Å². The molecule has 0 aliphatic rings. The van der Waals surface area contributed by atoms with Crippen molar-refractivity contribution >= 4 is 44.6 Å². The first-order valence-electron chi connectivity index (χ1n) is 10.0. The number of fused-ring (bicyclic) bond motifs is 1. The first kappa shape index (κ1) is 25.7. The molecule has 0 bridgehead atoms. The minimum Gasteiger partial charge on any atom is -0.462 e. The Bertz CT molecular complexity index is 1310. The number of esters is 1. The average Bonchev–Trinajstić information content (AvgIpc) is 3.15. The van der Waals surface area contributed by atoms with E-state index in [1.807, 2.05) is 13.8 Å². The Morgan fingerprint density at radius 1 is 1.26 bits per heavy atom. The number of rotatable bonds is 8. The number of carbonyl (C=O) groups excluding carboxylic acids is 1. The molecule has 2 heterocycles. The number of imidazole rings is 1. The minimum atomic E-state index is -4.91. The third-order valence-corrected chi connectivity index (χ3v) is 6.64. The number of nitrogens with one attached hydrogen (secondary N) is 2. The number of benzene rings is 1. The summed E-state index contributed by atoms with van der Waals surface area (Å²) >= 11 is 1.33. The van der Waals surface area contributed by atoms with Crippen molar-refractivity contribution in [3.8, 4) is 0 Å². The summed E-state index contributed by atoms with van der Waals surface area (Å²) in [4.78, 5) is 26.9. The summed E-state index contributed by atoms with van der Waals surface area (Å²) in [6.07, 6.45) is -3.06. The van der Waals surface area contributed by atoms with E-state index in [1.54, 1.807) is 0 Å². The van der Waals surface area contributed by atoms with Gasteiger partial charge >= 0.3 is 12.1 Å². The van der Waals surface area contributed by atoms with Gasteiger partial charge in [0.1, 0.15) is 16.8 Å². The maximum atomic E-state index is 13.6. The van der Waals surface area contributed by atoms with Crippen molar-refractivity contribution < 1.29 is 31.1 Å². The average molecular weight is 518 g/mol. The lowest BCUT2D eigenvalue weighted by Crippen LogP contribution is -2.20. The van der Waals surface area contributed by atoms with E-state index in [4.69, 9.17) is 0 Å². The molecule has 3 aromatic rings. The summed E-state index contributed by atoms with van der Waals surface area (Å²) in [5.74, 6) is -1.20. The zero-order valence-electron chi connectivity index (χ0n) is 18.6. The Morgan fingerprint density at radius 2 is 1.97 bits per heavy atom. The number of sulfone groups is 1. The molecule has 0 radical (unpaired) electrons. The normalized spacial score (nSPS) is 13.3. The van der Waals surface area contributed by atoms with Crippen LogP contribution in [0.1, 0.15) is 48.0 Å². The number of aromatic amines is 1. The van der Waals surface area contributed by atoms with Gasteiger partial charge in [-0.2, -0.15) is 13.2 Å². The van der Waals surface area contributed by atoms with E-state index in [2.05, 4.69) is 30.0 Å². The highest BCUT2D eigenvalue weighted by Gasteiger charge is 2.39. The van der Waals surface area contributed by atoms with E-state index in [0.717, 1.165) is 12.5 Å². The number of carbonyl (C=O) groups is 1. The molecule has 0 aliphatic heterocycles. The molecule has 184 valence electrons. The van der Waals surface area contributed by atoms with Crippen LogP contribution in [0.2, 0.25) is 0 Å². The fraction of sp³-hybridized carbons (Fsp3) is 0.400. The predicted molar refractivity (Wildman–Crippen MR) is 121 cm³/mol. The maximum absolute atomic E-state index is 13.6. The molecule has 1 aromatic carbocycles. The van der Waals surface area contributed by atoms with Crippen LogP contribution in [0.5, 0.6) is 0 Å². The van der Waals surface area contributed by atoms with Gasteiger partial charge in [0.2, 0.25) is 5.95 Å². The molecule has 2 N–H and O–H groups in total. The van der Waals surface area contributed by atoms with Gasteiger partial charge in [0, 0.05) is 17.7 Å². The number of ether oxygens (including phenoxy) is 1. The first-order valence-corrected chi connectivity index (χ1v) is 12.9. The number of halogens is 3. The van der Waals surface area contributed by atoms with Crippen molar-refractivity contribution in [3.63, 3.8) is 0 Å². The highest BCUT2D eigenvalue weighted by atomic mass is 32.2. The molecule has 0 amide bonds. The van der Waals surface area contributed by atoms with Gasteiger partial charge in [0.25, 0.3) is 0 Å². The van der Waals surface area contributed by atoms with Crippen LogP contribution in [0.15, 0.2) is 29.3 Å². The number of hydrogen-bond acceptors (Lipinski definition) is 9. The Kier molecular flexibility index (Phi) is 7.41. The Hall–Kier alpha value is -2.87. The third-order valence-electron chi connectivity index (χ3n) is 4.37. The smallest absolute Gasteiger partial charge is 0.434 e. The number of thioether (sulfide) groups is 1. The summed E-state index contributed by atoms with van der Waals surface area (Å²) in [6.45, 7) is 5.14. The zero-order chi connectivity index (χ0) is 25.3. The second-order valence-electron chi connectivity index (χ2n) is 7.46. The van der Waals surface area contributed by atoms with E-state index in [-0.39, 0.29) is 22.7 Å². The molecule has 0 saturated carbocycles. The molecular formula is C20H22F3N5O4S2. The molecule has 2 aromatic heterocycles. The summed E-state index contributed by atoms with van der Waals surface area (Å²) < 4.78 is 69.1. The molecule has 1 atom stereocenters. The van der Waals surface area contributed by atoms with Crippen molar-refractivity contribution in [1.29, 1.82) is 0 Å². The number of anilines is 1. The number of hydrogen-bond donors (Lipinski definition) is 2. The lowest BCUT2D eigenvalue weighted by atomic mass is 10.2. The Labute approximate surface area is 197 Å². The van der Waals surface area contributed by atoms with E-state index < -0.39 is 38.6 Å². The Morgan fingerprint density at radius 3 is 2.56 bits per heavy atom. The molecule has 1 unspecified atom stereocenters. The van der Waals surface area contributed by atoms with Crippen molar-refractivity contribution in [1.82, 2.24) is 19.9 Å². The summed E-state index contributed by atoms with van der Waals surface area (Å²) in [7, 11) is -3.44. The van der Waals surface area contributed by atoms with Crippen molar-refractivity contribution in [2.45, 2.75) is 42.5 Å². The zero-order valence-corrected chi connectivity index (χ0v) is 20.2. The summed E-state index contributed by atoms with van der Waals surface area (Å²) in [5, 5.41) is 2.14. The second-order valence-corrected chi connectivity index (χ2v) is 11.2. The van der Waals surface area contributed by atoms with Crippen LogP contribution in [0.3, 0.4) is 0 Å². The molecule has 3 rings (SSSR count). The molecule has 0 saturated heterocycles. The van der Waals surface area contributed by atoms with E-state index in [1.165, 1.54) is 36.9 Å². The highest BCUT2D eigenvalue weighted by molar-refractivity contribution is 8.00. The van der Waals surface area contributed by atoms with Crippen molar-refractivity contribution in [2.24, 2.45) is 0 Å². The van der Waals surface area contributed by atoms with Crippen LogP contribution in [-0.2, 0) is 20.8 Å². The van der Waals surface area contributed by atoms with Crippen LogP contribution >= 0.6 is 11.8 Å². The first-order chi connectivity index (χ1) is 15.8. The minimum absolute atomic E-state index is 0.0261. The maximum Gasteiger partial charge on any atom is 0.434 e. The van der Waals surface area contributed by atoms with Gasteiger partial charge in [-0.05, 0) is 25.1 Å². The van der Waals surface area contributed by atoms with Gasteiger partial charge in [0.15, 0.2) is 15.5 Å². The van der Waals surface area contributed by atoms with E-state index in [0.29, 0.717) is 16.9 Å². The SMILES string of the molecule is CCOC(=O)c1cnc(NC(SC(C)C)c2nc3ccc(S(C)(=O)=O)cc3[nH]2)nc1C(F)(F)F. The molecule has 9 nitrogen and oxygen atoms in total. The van der Waals surface area contributed by atoms with Gasteiger partial charge in [-0.15, -0.1) is 11.8 Å². The van der Waals surface area contributed by atoms with Crippen molar-refractivity contribution in [3.05, 3.63) is 41.5 Å². The second kappa shape index (κ2) is 9.78. The van der Waals surface area contributed by atoms with E-state index >= 15 is 0 Å². The fourth-order valence-electron chi connectivity index (χ4n) is 2.95. The van der Waals surface area contributed by atoms with Gasteiger partial charge in [-0.3, -0.25) is 0 Å². The quantitative estimate of drug-likeness (QED) is 0.334. The number of alkyl halides is 3. The number of nitrogens with zero attached hydrogens (tertiary/aromatic N) is 3. The molecule has 0 fully saturated rings. The molecule has 34 heavy (non-hydrogen) atoms.